The lowest BCUT2D eigenvalue weighted by Gasteiger charge is -2.23. The van der Waals surface area contributed by atoms with E-state index in [-0.39, 0.29) is 24.5 Å². The van der Waals surface area contributed by atoms with Gasteiger partial charge >= 0.3 is 0 Å². The lowest BCUT2D eigenvalue weighted by atomic mass is 10.2. The molecule has 0 N–H and O–H groups in total. The van der Waals surface area contributed by atoms with E-state index in [4.69, 9.17) is 9.47 Å². The first kappa shape index (κ1) is 19.2. The third kappa shape index (κ3) is 5.46. The predicted molar refractivity (Wildman–Crippen MR) is 95.8 cm³/mol. The average Bonchev–Trinajstić information content (AvgIpc) is 3.14. The third-order valence-electron chi connectivity index (χ3n) is 4.38. The summed E-state index contributed by atoms with van der Waals surface area (Å²) in [6.45, 7) is 6.50. The van der Waals surface area contributed by atoms with Gasteiger partial charge in [0, 0.05) is 32.3 Å². The van der Waals surface area contributed by atoms with Crippen molar-refractivity contribution in [2.24, 2.45) is 0 Å². The summed E-state index contributed by atoms with van der Waals surface area (Å²) in [6, 6.07) is 7.07. The fraction of sp³-hybridized carbons (Fsp3) is 0.579. The number of nitrogens with zero attached hydrogens (tertiary/aromatic N) is 2. The van der Waals surface area contributed by atoms with Crippen LogP contribution in [0.5, 0.6) is 5.75 Å². The molecule has 0 spiro atoms. The first-order valence-corrected chi connectivity index (χ1v) is 8.92. The largest absolute Gasteiger partial charge is 0.491 e. The van der Waals surface area contributed by atoms with Crippen LogP contribution in [0.1, 0.15) is 37.0 Å². The number of carbonyl (C=O) groups excluding carboxylic acids is 2. The summed E-state index contributed by atoms with van der Waals surface area (Å²) >= 11 is 0. The molecule has 2 amide bonds. The average molecular weight is 348 g/mol. The van der Waals surface area contributed by atoms with E-state index in [1.165, 1.54) is 4.90 Å². The van der Waals surface area contributed by atoms with Gasteiger partial charge in [0.2, 0.25) is 5.91 Å². The Balaban J connectivity index is 1.93. The summed E-state index contributed by atoms with van der Waals surface area (Å²) < 4.78 is 11.3. The molecule has 25 heavy (non-hydrogen) atoms. The topological polar surface area (TPSA) is 59.1 Å². The first-order valence-electron chi connectivity index (χ1n) is 8.92. The Kier molecular flexibility index (Phi) is 7.25. The summed E-state index contributed by atoms with van der Waals surface area (Å²) in [4.78, 5) is 27.9. The van der Waals surface area contributed by atoms with Crippen LogP contribution in [-0.4, -0.2) is 67.6 Å². The monoisotopic (exact) mass is 348 g/mol. The highest BCUT2D eigenvalue weighted by Gasteiger charge is 2.19. The normalized spacial score (nSPS) is 16.5. The molecule has 1 atom stereocenters. The van der Waals surface area contributed by atoms with Gasteiger partial charge in [-0.15, -0.1) is 0 Å². The molecule has 1 aromatic rings. The molecule has 1 saturated heterocycles. The van der Waals surface area contributed by atoms with Crippen LogP contribution in [0.3, 0.4) is 0 Å². The number of hydrogen-bond donors (Lipinski definition) is 0. The second-order valence-electron chi connectivity index (χ2n) is 6.20. The van der Waals surface area contributed by atoms with Crippen LogP contribution in [-0.2, 0) is 9.53 Å². The second kappa shape index (κ2) is 9.42. The van der Waals surface area contributed by atoms with Gasteiger partial charge in [-0.05, 0) is 44.9 Å². The van der Waals surface area contributed by atoms with E-state index in [1.54, 1.807) is 30.1 Å². The first-order chi connectivity index (χ1) is 12.0. The maximum Gasteiger partial charge on any atom is 0.254 e. The molecule has 1 aliphatic rings. The zero-order chi connectivity index (χ0) is 18.2. The van der Waals surface area contributed by atoms with E-state index in [1.807, 2.05) is 19.9 Å². The number of likely N-dealkylation sites (N-methyl/N-ethyl adjacent to an activating group) is 2. The zero-order valence-corrected chi connectivity index (χ0v) is 15.4. The van der Waals surface area contributed by atoms with Gasteiger partial charge in [0.05, 0.1) is 12.6 Å². The molecule has 0 radical (unpaired) electrons. The lowest BCUT2D eigenvalue weighted by molar-refractivity contribution is -0.131. The van der Waals surface area contributed by atoms with Crippen LogP contribution in [0, 0.1) is 0 Å². The number of ether oxygens (including phenoxy) is 2. The fourth-order valence-electron chi connectivity index (χ4n) is 2.86. The van der Waals surface area contributed by atoms with Crippen molar-refractivity contribution in [1.29, 1.82) is 0 Å². The molecule has 6 heteroatoms. The van der Waals surface area contributed by atoms with Gasteiger partial charge in [0.15, 0.2) is 0 Å². The van der Waals surface area contributed by atoms with E-state index in [2.05, 4.69) is 0 Å². The van der Waals surface area contributed by atoms with E-state index < -0.39 is 0 Å². The minimum atomic E-state index is -0.192. The molecule has 6 nitrogen and oxygen atoms in total. The van der Waals surface area contributed by atoms with Crippen molar-refractivity contribution >= 4 is 11.8 Å². The van der Waals surface area contributed by atoms with Gasteiger partial charge in [0.25, 0.3) is 5.91 Å². The van der Waals surface area contributed by atoms with Crippen molar-refractivity contribution in [3.8, 4) is 5.75 Å². The van der Waals surface area contributed by atoms with Crippen LogP contribution in [0.2, 0.25) is 0 Å². The van der Waals surface area contributed by atoms with Crippen molar-refractivity contribution in [3.63, 3.8) is 0 Å². The Morgan fingerprint density at radius 1 is 1.28 bits per heavy atom. The van der Waals surface area contributed by atoms with E-state index in [0.717, 1.165) is 19.4 Å². The Morgan fingerprint density at radius 3 is 2.68 bits per heavy atom. The lowest BCUT2D eigenvalue weighted by Crippen LogP contribution is -2.41. The Morgan fingerprint density at radius 2 is 2.04 bits per heavy atom. The number of rotatable bonds is 8. The highest BCUT2D eigenvalue weighted by atomic mass is 16.5. The third-order valence-corrected chi connectivity index (χ3v) is 4.38. The maximum atomic E-state index is 12.6. The number of benzene rings is 1. The molecule has 1 aromatic carbocycles. The number of carbonyl (C=O) groups is 2. The molecule has 0 bridgehead atoms. The van der Waals surface area contributed by atoms with Crippen molar-refractivity contribution in [2.45, 2.75) is 32.8 Å². The van der Waals surface area contributed by atoms with Crippen molar-refractivity contribution in [3.05, 3.63) is 29.8 Å². The Labute approximate surface area is 149 Å². The molecular formula is C19H28N2O4. The van der Waals surface area contributed by atoms with Gasteiger partial charge in [-0.25, -0.2) is 0 Å². The van der Waals surface area contributed by atoms with Gasteiger partial charge < -0.3 is 19.3 Å². The highest BCUT2D eigenvalue weighted by molar-refractivity contribution is 5.96. The highest BCUT2D eigenvalue weighted by Crippen LogP contribution is 2.18. The smallest absolute Gasteiger partial charge is 0.254 e. The van der Waals surface area contributed by atoms with Crippen LogP contribution < -0.4 is 4.74 Å². The summed E-state index contributed by atoms with van der Waals surface area (Å²) in [5.41, 5.74) is 0.514. The van der Waals surface area contributed by atoms with Crippen LogP contribution in [0.15, 0.2) is 24.3 Å². The molecule has 1 aliphatic heterocycles. The quantitative estimate of drug-likeness (QED) is 0.722. The SMILES string of the molecule is CCN(CC)C(=O)CN(C)C(=O)c1cccc(OCC2CCCO2)c1. The van der Waals surface area contributed by atoms with Gasteiger partial charge in [0.1, 0.15) is 12.4 Å². The zero-order valence-electron chi connectivity index (χ0n) is 15.4. The predicted octanol–water partition coefficient (Wildman–Crippen LogP) is 2.18. The molecule has 0 saturated carbocycles. The number of hydrogen-bond acceptors (Lipinski definition) is 4. The molecule has 0 aliphatic carbocycles. The standard InChI is InChI=1S/C19H28N2O4/c1-4-21(5-2)18(22)13-20(3)19(23)15-8-6-9-16(12-15)25-14-17-10-7-11-24-17/h6,8-9,12,17H,4-5,7,10-11,13-14H2,1-3H3. The second-order valence-corrected chi connectivity index (χ2v) is 6.20. The van der Waals surface area contributed by atoms with Crippen molar-refractivity contribution in [1.82, 2.24) is 9.80 Å². The molecule has 2 rings (SSSR count). The van der Waals surface area contributed by atoms with E-state index >= 15 is 0 Å². The van der Waals surface area contributed by atoms with Crippen LogP contribution in [0.4, 0.5) is 0 Å². The van der Waals surface area contributed by atoms with Crippen molar-refractivity contribution < 1.29 is 19.1 Å². The molecule has 138 valence electrons. The fourth-order valence-corrected chi connectivity index (χ4v) is 2.86. The maximum absolute atomic E-state index is 12.6. The van der Waals surface area contributed by atoms with Gasteiger partial charge in [-0.2, -0.15) is 0 Å². The molecular weight excluding hydrogens is 320 g/mol. The molecule has 0 aromatic heterocycles. The number of amides is 2. The van der Waals surface area contributed by atoms with Gasteiger partial charge in [-0.1, -0.05) is 6.07 Å². The Bertz CT molecular complexity index is 581. The Hall–Kier alpha value is -2.08. The van der Waals surface area contributed by atoms with Crippen molar-refractivity contribution in [2.75, 3.05) is 39.9 Å². The van der Waals surface area contributed by atoms with Crippen LogP contribution in [0.25, 0.3) is 0 Å². The summed E-state index contributed by atoms with van der Waals surface area (Å²) in [5.74, 6) is 0.402. The molecule has 1 heterocycles. The van der Waals surface area contributed by atoms with Crippen LogP contribution >= 0.6 is 0 Å². The van der Waals surface area contributed by atoms with Gasteiger partial charge in [-0.3, -0.25) is 9.59 Å². The summed E-state index contributed by atoms with van der Waals surface area (Å²) in [7, 11) is 1.64. The summed E-state index contributed by atoms with van der Waals surface area (Å²) in [6.07, 6.45) is 2.21. The van der Waals surface area contributed by atoms with E-state index in [0.29, 0.717) is 31.0 Å². The minimum Gasteiger partial charge on any atom is -0.491 e. The molecule has 1 unspecified atom stereocenters. The molecule has 1 fully saturated rings. The minimum absolute atomic E-state index is 0.0494. The van der Waals surface area contributed by atoms with E-state index in [9.17, 15) is 9.59 Å². The summed E-state index contributed by atoms with van der Waals surface area (Å²) in [5, 5.41) is 0.